The van der Waals surface area contributed by atoms with Gasteiger partial charge in [0.2, 0.25) is 5.43 Å². The number of carbonyl (C=O) groups excluding carboxylic acids is 1. The Kier molecular flexibility index (Phi) is 7.48. The lowest BCUT2D eigenvalue weighted by atomic mass is 10.1. The number of benzene rings is 2. The molecule has 176 valence electrons. The SMILES string of the molecule is CN(Cc1cc2c(=O)c(C(=O)NCc3ccc(Cl)cc3)cn(C)c2s1)C[C@H](O)c1ccccc1. The van der Waals surface area contributed by atoms with Gasteiger partial charge in [-0.3, -0.25) is 14.5 Å². The molecule has 2 aromatic carbocycles. The number of halogens is 1. The largest absolute Gasteiger partial charge is 0.387 e. The fourth-order valence-electron chi connectivity index (χ4n) is 3.84. The molecule has 6 nitrogen and oxygen atoms in total. The monoisotopic (exact) mass is 495 g/mol. The van der Waals surface area contributed by atoms with Gasteiger partial charge in [-0.25, -0.2) is 0 Å². The smallest absolute Gasteiger partial charge is 0.257 e. The molecular weight excluding hydrogens is 470 g/mol. The summed E-state index contributed by atoms with van der Waals surface area (Å²) in [6.07, 6.45) is 0.994. The topological polar surface area (TPSA) is 74.6 Å². The summed E-state index contributed by atoms with van der Waals surface area (Å²) < 4.78 is 1.82. The van der Waals surface area contributed by atoms with Crippen molar-refractivity contribution in [3.63, 3.8) is 0 Å². The second-order valence-electron chi connectivity index (χ2n) is 8.35. The highest BCUT2D eigenvalue weighted by Gasteiger charge is 2.18. The number of aryl methyl sites for hydroxylation is 1. The number of aliphatic hydroxyl groups excluding tert-OH is 1. The van der Waals surface area contributed by atoms with Crippen LogP contribution in [0.1, 0.15) is 32.5 Å². The second kappa shape index (κ2) is 10.5. The number of aliphatic hydroxyl groups is 1. The van der Waals surface area contributed by atoms with E-state index >= 15 is 0 Å². The fourth-order valence-corrected chi connectivity index (χ4v) is 5.13. The van der Waals surface area contributed by atoms with Crippen molar-refractivity contribution in [2.45, 2.75) is 19.2 Å². The third kappa shape index (κ3) is 5.56. The molecule has 0 aliphatic carbocycles. The number of rotatable bonds is 8. The van der Waals surface area contributed by atoms with Gasteiger partial charge in [0.25, 0.3) is 5.91 Å². The number of pyridine rings is 1. The van der Waals surface area contributed by atoms with Crippen LogP contribution in [-0.4, -0.2) is 34.1 Å². The molecule has 2 heterocycles. The van der Waals surface area contributed by atoms with Crippen molar-refractivity contribution in [1.29, 1.82) is 0 Å². The summed E-state index contributed by atoms with van der Waals surface area (Å²) in [5.74, 6) is -0.409. The highest BCUT2D eigenvalue weighted by Crippen LogP contribution is 2.25. The predicted octanol–water partition coefficient (Wildman–Crippen LogP) is 4.35. The summed E-state index contributed by atoms with van der Waals surface area (Å²) >= 11 is 7.42. The Labute approximate surface area is 207 Å². The van der Waals surface area contributed by atoms with E-state index in [9.17, 15) is 14.7 Å². The minimum absolute atomic E-state index is 0.112. The lowest BCUT2D eigenvalue weighted by Crippen LogP contribution is -2.29. The summed E-state index contributed by atoms with van der Waals surface area (Å²) in [5, 5.41) is 14.5. The van der Waals surface area contributed by atoms with Gasteiger partial charge in [-0.2, -0.15) is 0 Å². The van der Waals surface area contributed by atoms with Gasteiger partial charge in [0.1, 0.15) is 10.4 Å². The zero-order chi connectivity index (χ0) is 24.2. The molecule has 0 saturated heterocycles. The number of thiophene rings is 1. The van der Waals surface area contributed by atoms with Crippen LogP contribution < -0.4 is 10.7 Å². The molecule has 1 amide bonds. The van der Waals surface area contributed by atoms with Gasteiger partial charge >= 0.3 is 0 Å². The maximum atomic E-state index is 13.1. The fraction of sp³-hybridized carbons (Fsp3) is 0.231. The highest BCUT2D eigenvalue weighted by atomic mass is 35.5. The lowest BCUT2D eigenvalue weighted by molar-refractivity contribution is 0.0949. The van der Waals surface area contributed by atoms with Crippen molar-refractivity contribution in [2.24, 2.45) is 7.05 Å². The number of carbonyl (C=O) groups is 1. The minimum atomic E-state index is -0.595. The molecule has 0 saturated carbocycles. The second-order valence-corrected chi connectivity index (χ2v) is 9.90. The zero-order valence-electron chi connectivity index (χ0n) is 19.0. The number of hydrogen-bond donors (Lipinski definition) is 2. The van der Waals surface area contributed by atoms with Gasteiger partial charge in [0.05, 0.1) is 11.5 Å². The number of aromatic nitrogens is 1. The Morgan fingerprint density at radius 2 is 1.88 bits per heavy atom. The van der Waals surface area contributed by atoms with Gasteiger partial charge in [-0.05, 0) is 36.4 Å². The molecule has 0 radical (unpaired) electrons. The van der Waals surface area contributed by atoms with Crippen LogP contribution in [0.2, 0.25) is 5.02 Å². The summed E-state index contributed by atoms with van der Waals surface area (Å²) in [7, 11) is 3.77. The summed E-state index contributed by atoms with van der Waals surface area (Å²) in [4.78, 5) is 29.7. The van der Waals surface area contributed by atoms with Crippen LogP contribution in [0.5, 0.6) is 0 Å². The number of fused-ring (bicyclic) bond motifs is 1. The molecule has 0 fully saturated rings. The van der Waals surface area contributed by atoms with Crippen molar-refractivity contribution < 1.29 is 9.90 Å². The van der Waals surface area contributed by atoms with Gasteiger partial charge < -0.3 is 15.0 Å². The Morgan fingerprint density at radius 3 is 2.59 bits per heavy atom. The Hall–Kier alpha value is -2.97. The van der Waals surface area contributed by atoms with E-state index in [1.165, 1.54) is 11.3 Å². The molecule has 0 unspecified atom stereocenters. The van der Waals surface area contributed by atoms with E-state index in [2.05, 4.69) is 5.32 Å². The molecule has 0 spiro atoms. The maximum absolute atomic E-state index is 13.1. The van der Waals surface area contributed by atoms with Crippen LogP contribution in [0, 0.1) is 0 Å². The van der Waals surface area contributed by atoms with Crippen LogP contribution >= 0.6 is 22.9 Å². The lowest BCUT2D eigenvalue weighted by Gasteiger charge is -2.20. The van der Waals surface area contributed by atoms with Gasteiger partial charge in [0.15, 0.2) is 0 Å². The van der Waals surface area contributed by atoms with Crippen LogP contribution in [0.15, 0.2) is 71.7 Å². The Balaban J connectivity index is 1.48. The molecular formula is C26H26ClN3O3S. The minimum Gasteiger partial charge on any atom is -0.387 e. The summed E-state index contributed by atoms with van der Waals surface area (Å²) in [6.45, 7) is 1.36. The van der Waals surface area contributed by atoms with Crippen LogP contribution in [0.4, 0.5) is 0 Å². The van der Waals surface area contributed by atoms with E-state index in [1.54, 1.807) is 18.3 Å². The highest BCUT2D eigenvalue weighted by molar-refractivity contribution is 7.18. The molecule has 8 heteroatoms. The van der Waals surface area contributed by atoms with Gasteiger partial charge in [0, 0.05) is 42.8 Å². The predicted molar refractivity (Wildman–Crippen MR) is 137 cm³/mol. The first-order valence-electron chi connectivity index (χ1n) is 10.9. The molecule has 0 bridgehead atoms. The number of likely N-dealkylation sites (N-methyl/N-ethyl adjacent to an activating group) is 1. The first-order valence-corrected chi connectivity index (χ1v) is 12.1. The number of hydrogen-bond acceptors (Lipinski definition) is 5. The molecule has 1 atom stereocenters. The van der Waals surface area contributed by atoms with Crippen LogP contribution in [0.25, 0.3) is 10.2 Å². The molecule has 2 aromatic heterocycles. The molecule has 0 aliphatic heterocycles. The van der Waals surface area contributed by atoms with Crippen LogP contribution in [0.3, 0.4) is 0 Å². The zero-order valence-corrected chi connectivity index (χ0v) is 20.6. The third-order valence-corrected chi connectivity index (χ3v) is 7.06. The third-order valence-electron chi connectivity index (χ3n) is 5.60. The molecule has 34 heavy (non-hydrogen) atoms. The summed E-state index contributed by atoms with van der Waals surface area (Å²) in [6, 6.07) is 18.6. The Morgan fingerprint density at radius 1 is 1.18 bits per heavy atom. The van der Waals surface area contributed by atoms with Crippen molar-refractivity contribution >= 4 is 39.1 Å². The molecule has 0 aliphatic rings. The molecule has 4 aromatic rings. The number of nitrogens with zero attached hydrogens (tertiary/aromatic N) is 2. The van der Waals surface area contributed by atoms with E-state index in [4.69, 9.17) is 11.6 Å². The van der Waals surface area contributed by atoms with E-state index in [1.807, 2.05) is 72.1 Å². The number of nitrogens with one attached hydrogen (secondary N) is 1. The summed E-state index contributed by atoms with van der Waals surface area (Å²) in [5.41, 5.74) is 1.60. The Bertz CT molecular complexity index is 1350. The van der Waals surface area contributed by atoms with Crippen molar-refractivity contribution in [1.82, 2.24) is 14.8 Å². The van der Waals surface area contributed by atoms with Gasteiger partial charge in [-0.1, -0.05) is 54.1 Å². The maximum Gasteiger partial charge on any atom is 0.257 e. The quantitative estimate of drug-likeness (QED) is 0.381. The van der Waals surface area contributed by atoms with Crippen LogP contribution in [-0.2, 0) is 20.1 Å². The van der Waals surface area contributed by atoms with Crippen molar-refractivity contribution in [3.8, 4) is 0 Å². The van der Waals surface area contributed by atoms with Gasteiger partial charge in [-0.15, -0.1) is 11.3 Å². The van der Waals surface area contributed by atoms with E-state index in [-0.39, 0.29) is 11.0 Å². The first-order chi connectivity index (χ1) is 16.3. The van der Waals surface area contributed by atoms with E-state index in [0.717, 1.165) is 20.8 Å². The first kappa shape index (κ1) is 24.2. The average Bonchev–Trinajstić information content (AvgIpc) is 3.26. The molecule has 4 rings (SSSR count). The van der Waals surface area contributed by atoms with Crippen molar-refractivity contribution in [2.75, 3.05) is 13.6 Å². The van der Waals surface area contributed by atoms with E-state index < -0.39 is 12.0 Å². The van der Waals surface area contributed by atoms with Crippen molar-refractivity contribution in [3.05, 3.63) is 104 Å². The number of amides is 1. The molecule has 2 N–H and O–H groups in total. The standard InChI is InChI=1S/C26H26ClN3O3S/c1-29(16-23(31)18-6-4-3-5-7-18)14-20-12-21-24(32)22(15-30(2)26(21)34-20)25(33)28-13-17-8-10-19(27)11-9-17/h3-12,15,23,31H,13-14,16H2,1-2H3,(H,28,33)/t23-/m0/s1. The van der Waals surface area contributed by atoms with E-state index in [0.29, 0.717) is 30.0 Å². The normalized spacial score (nSPS) is 12.3. The average molecular weight is 496 g/mol.